The van der Waals surface area contributed by atoms with Gasteiger partial charge in [0, 0.05) is 23.5 Å². The lowest BCUT2D eigenvalue weighted by Gasteiger charge is -2.06. The third-order valence-electron chi connectivity index (χ3n) is 2.25. The molecule has 0 spiro atoms. The average molecular weight is 204 g/mol. The van der Waals surface area contributed by atoms with Crippen LogP contribution in [0.4, 0.5) is 0 Å². The van der Waals surface area contributed by atoms with E-state index in [0.29, 0.717) is 18.2 Å². The molecule has 2 rings (SSSR count). The summed E-state index contributed by atoms with van der Waals surface area (Å²) in [7, 11) is 0. The Morgan fingerprint density at radius 1 is 1.27 bits per heavy atom. The minimum Gasteiger partial charge on any atom is -0.326 e. The molecule has 2 heterocycles. The fourth-order valence-corrected chi connectivity index (χ4v) is 1.45. The molecule has 2 aromatic rings. The van der Waals surface area contributed by atoms with Crippen molar-refractivity contribution in [3.63, 3.8) is 0 Å². The summed E-state index contributed by atoms with van der Waals surface area (Å²) < 4.78 is 0. The smallest absolute Gasteiger partial charge is 0.197 e. The summed E-state index contributed by atoms with van der Waals surface area (Å²) in [5.74, 6) is 1.13. The number of H-pyrrole nitrogens is 1. The second-order valence-electron chi connectivity index (χ2n) is 3.23. The van der Waals surface area contributed by atoms with Gasteiger partial charge in [0.05, 0.1) is 0 Å². The second-order valence-corrected chi connectivity index (χ2v) is 3.23. The fourth-order valence-electron chi connectivity index (χ4n) is 1.45. The molecule has 0 radical (unpaired) electrons. The number of nitrogens with one attached hydrogen (secondary N) is 1. The van der Waals surface area contributed by atoms with Gasteiger partial charge in [0.25, 0.3) is 0 Å². The maximum atomic E-state index is 5.60. The predicted octanol–water partition coefficient (Wildman–Crippen LogP) is 0.337. The van der Waals surface area contributed by atoms with Crippen molar-refractivity contribution in [3.05, 3.63) is 23.3 Å². The van der Waals surface area contributed by atoms with Gasteiger partial charge in [-0.3, -0.25) is 5.10 Å². The molecule has 0 atom stereocenters. The van der Waals surface area contributed by atoms with Crippen LogP contribution in [0.3, 0.4) is 0 Å². The zero-order valence-electron chi connectivity index (χ0n) is 8.65. The van der Waals surface area contributed by atoms with Crippen LogP contribution in [-0.2, 0) is 6.54 Å². The van der Waals surface area contributed by atoms with Gasteiger partial charge in [-0.25, -0.2) is 15.0 Å². The van der Waals surface area contributed by atoms with E-state index in [4.69, 9.17) is 5.73 Å². The number of rotatable bonds is 2. The number of hydrogen-bond donors (Lipinski definition) is 2. The van der Waals surface area contributed by atoms with Gasteiger partial charge in [-0.05, 0) is 13.8 Å². The van der Waals surface area contributed by atoms with Crippen molar-refractivity contribution >= 4 is 0 Å². The summed E-state index contributed by atoms with van der Waals surface area (Å²) in [6, 6.07) is 0. The van der Waals surface area contributed by atoms with Crippen LogP contribution in [0.5, 0.6) is 0 Å². The molecule has 0 unspecified atom stereocenters. The van der Waals surface area contributed by atoms with Gasteiger partial charge in [-0.2, -0.15) is 5.10 Å². The van der Waals surface area contributed by atoms with E-state index in [0.717, 1.165) is 17.0 Å². The lowest BCUT2D eigenvalue weighted by Crippen LogP contribution is -2.07. The van der Waals surface area contributed by atoms with E-state index in [1.54, 1.807) is 0 Å². The minimum atomic E-state index is 0.453. The van der Waals surface area contributed by atoms with E-state index in [2.05, 4.69) is 25.1 Å². The zero-order chi connectivity index (χ0) is 10.8. The zero-order valence-corrected chi connectivity index (χ0v) is 8.65. The van der Waals surface area contributed by atoms with Crippen LogP contribution in [0.1, 0.15) is 17.0 Å². The molecule has 0 fully saturated rings. The number of aromatic nitrogens is 5. The van der Waals surface area contributed by atoms with Crippen LogP contribution in [0, 0.1) is 13.8 Å². The Morgan fingerprint density at radius 3 is 2.40 bits per heavy atom. The summed E-state index contributed by atoms with van der Waals surface area (Å²) in [4.78, 5) is 12.6. The molecular weight excluding hydrogens is 192 g/mol. The molecule has 0 aromatic carbocycles. The Hall–Kier alpha value is -1.82. The molecule has 0 saturated carbocycles. The quantitative estimate of drug-likeness (QED) is 0.735. The topological polar surface area (TPSA) is 93.4 Å². The van der Waals surface area contributed by atoms with Gasteiger partial charge in [-0.15, -0.1) is 0 Å². The maximum absolute atomic E-state index is 5.60. The maximum Gasteiger partial charge on any atom is 0.197 e. The predicted molar refractivity (Wildman–Crippen MR) is 54.8 cm³/mol. The lowest BCUT2D eigenvalue weighted by molar-refractivity contribution is 0.928. The van der Waals surface area contributed by atoms with Crippen LogP contribution in [-0.4, -0.2) is 25.1 Å². The molecule has 6 nitrogen and oxygen atoms in total. The van der Waals surface area contributed by atoms with Crippen molar-refractivity contribution in [2.75, 3.05) is 0 Å². The molecule has 2 aromatic heterocycles. The van der Waals surface area contributed by atoms with Crippen LogP contribution >= 0.6 is 0 Å². The van der Waals surface area contributed by atoms with Gasteiger partial charge in [0.15, 0.2) is 11.6 Å². The van der Waals surface area contributed by atoms with Gasteiger partial charge >= 0.3 is 0 Å². The molecule has 0 aliphatic rings. The van der Waals surface area contributed by atoms with Crippen LogP contribution in [0.15, 0.2) is 6.33 Å². The molecule has 0 saturated heterocycles. The van der Waals surface area contributed by atoms with Crippen LogP contribution in [0.25, 0.3) is 11.6 Å². The van der Waals surface area contributed by atoms with Gasteiger partial charge in [-0.1, -0.05) is 0 Å². The summed E-state index contributed by atoms with van der Waals surface area (Å²) >= 11 is 0. The number of aryl methyl sites for hydroxylation is 2. The highest BCUT2D eigenvalue weighted by atomic mass is 15.2. The van der Waals surface area contributed by atoms with Crippen molar-refractivity contribution in [2.45, 2.75) is 20.4 Å². The van der Waals surface area contributed by atoms with Crippen molar-refractivity contribution < 1.29 is 0 Å². The number of nitrogens with two attached hydrogens (primary N) is 1. The third-order valence-corrected chi connectivity index (χ3v) is 2.25. The summed E-state index contributed by atoms with van der Waals surface area (Å²) in [6.45, 7) is 4.28. The van der Waals surface area contributed by atoms with Crippen molar-refractivity contribution in [1.82, 2.24) is 25.1 Å². The monoisotopic (exact) mass is 204 g/mol. The van der Waals surface area contributed by atoms with Crippen LogP contribution < -0.4 is 5.73 Å². The Bertz CT molecular complexity index is 438. The fraction of sp³-hybridized carbons (Fsp3) is 0.333. The summed E-state index contributed by atoms with van der Waals surface area (Å²) in [5, 5.41) is 6.49. The standard InChI is InChI=1S/C9H12N6/c1-5-7(3-10)6(2)14-9(13-5)8-11-4-12-15-8/h4H,3,10H2,1-2H3,(H,11,12,15). The summed E-state index contributed by atoms with van der Waals surface area (Å²) in [5.41, 5.74) is 8.36. The number of aromatic amines is 1. The largest absolute Gasteiger partial charge is 0.326 e. The van der Waals surface area contributed by atoms with E-state index in [9.17, 15) is 0 Å². The van der Waals surface area contributed by atoms with Crippen molar-refractivity contribution in [1.29, 1.82) is 0 Å². The second kappa shape index (κ2) is 3.74. The third kappa shape index (κ3) is 1.71. The first kappa shape index (κ1) is 9.72. The van der Waals surface area contributed by atoms with Crippen molar-refractivity contribution in [2.24, 2.45) is 5.73 Å². The first-order valence-corrected chi connectivity index (χ1v) is 4.62. The Kier molecular flexibility index (Phi) is 2.42. The summed E-state index contributed by atoms with van der Waals surface area (Å²) in [6.07, 6.45) is 1.43. The SMILES string of the molecule is Cc1nc(-c2ncn[nH]2)nc(C)c1CN. The lowest BCUT2D eigenvalue weighted by atomic mass is 10.2. The first-order valence-electron chi connectivity index (χ1n) is 4.62. The molecule has 15 heavy (non-hydrogen) atoms. The normalized spacial score (nSPS) is 10.6. The molecular formula is C9H12N6. The highest BCUT2D eigenvalue weighted by Gasteiger charge is 2.10. The van der Waals surface area contributed by atoms with E-state index in [1.165, 1.54) is 6.33 Å². The number of hydrogen-bond acceptors (Lipinski definition) is 5. The van der Waals surface area contributed by atoms with Gasteiger partial charge < -0.3 is 5.73 Å². The van der Waals surface area contributed by atoms with Gasteiger partial charge in [0.2, 0.25) is 0 Å². The van der Waals surface area contributed by atoms with Crippen LogP contribution in [0.2, 0.25) is 0 Å². The molecule has 78 valence electrons. The van der Waals surface area contributed by atoms with Gasteiger partial charge in [0.1, 0.15) is 6.33 Å². The molecule has 6 heteroatoms. The van der Waals surface area contributed by atoms with E-state index >= 15 is 0 Å². The highest BCUT2D eigenvalue weighted by Crippen LogP contribution is 2.14. The molecule has 0 aliphatic carbocycles. The molecule has 0 amide bonds. The minimum absolute atomic E-state index is 0.453. The Morgan fingerprint density at radius 2 is 1.93 bits per heavy atom. The highest BCUT2D eigenvalue weighted by molar-refractivity contribution is 5.44. The average Bonchev–Trinajstić information content (AvgIpc) is 2.69. The van der Waals surface area contributed by atoms with E-state index in [-0.39, 0.29) is 0 Å². The van der Waals surface area contributed by atoms with Crippen molar-refractivity contribution in [3.8, 4) is 11.6 Å². The first-order chi connectivity index (χ1) is 7.22. The molecule has 3 N–H and O–H groups in total. The molecule has 0 bridgehead atoms. The van der Waals surface area contributed by atoms with E-state index < -0.39 is 0 Å². The number of nitrogens with zero attached hydrogens (tertiary/aromatic N) is 4. The molecule has 0 aliphatic heterocycles. The van der Waals surface area contributed by atoms with E-state index in [1.807, 2.05) is 13.8 Å². The Labute approximate surface area is 87.0 Å². The Balaban J connectivity index is 2.53.